The molecule has 0 saturated carbocycles. The quantitative estimate of drug-likeness (QED) is 0.707. The Bertz CT molecular complexity index is 352. The van der Waals surface area contributed by atoms with Crippen molar-refractivity contribution in [3.63, 3.8) is 0 Å². The molecule has 1 aliphatic heterocycles. The van der Waals surface area contributed by atoms with Gasteiger partial charge in [-0.15, -0.1) is 0 Å². The maximum absolute atomic E-state index is 5.86. The average molecular weight is 264 g/mol. The Kier molecular flexibility index (Phi) is 5.83. The molecule has 1 fully saturated rings. The number of rotatable bonds is 7. The number of hydrogen-bond donors (Lipinski definition) is 0. The van der Waals surface area contributed by atoms with Crippen LogP contribution in [0.25, 0.3) is 0 Å². The van der Waals surface area contributed by atoms with E-state index in [1.807, 2.05) is 25.1 Å². The van der Waals surface area contributed by atoms with Gasteiger partial charge in [0.05, 0.1) is 12.7 Å². The van der Waals surface area contributed by atoms with Crippen LogP contribution in [0.5, 0.6) is 0 Å². The molecule has 0 N–H and O–H groups in total. The van der Waals surface area contributed by atoms with Crippen LogP contribution in [0.3, 0.4) is 0 Å². The summed E-state index contributed by atoms with van der Waals surface area (Å²) in [6.45, 7) is 6.36. The van der Waals surface area contributed by atoms with Gasteiger partial charge in [-0.1, -0.05) is 37.3 Å². The Balaban J connectivity index is 1.63. The topological polar surface area (TPSA) is 27.7 Å². The number of ether oxygens (including phenoxy) is 3. The Morgan fingerprint density at radius 3 is 2.79 bits per heavy atom. The van der Waals surface area contributed by atoms with E-state index in [1.54, 1.807) is 0 Å². The molecule has 1 heterocycles. The maximum atomic E-state index is 5.86. The van der Waals surface area contributed by atoms with Crippen LogP contribution in [0.1, 0.15) is 32.3 Å². The van der Waals surface area contributed by atoms with Gasteiger partial charge < -0.3 is 14.2 Å². The van der Waals surface area contributed by atoms with Crippen LogP contribution in [0, 0.1) is 5.92 Å². The first-order chi connectivity index (χ1) is 9.29. The predicted octanol–water partition coefficient (Wildman–Crippen LogP) is 3.38. The third-order valence-corrected chi connectivity index (χ3v) is 3.54. The SMILES string of the molecule is CCOC1C[C@H](C)[C@@H](CCOCc2ccccc2)O1. The molecule has 1 aromatic rings. The fourth-order valence-electron chi connectivity index (χ4n) is 2.45. The highest BCUT2D eigenvalue weighted by molar-refractivity contribution is 5.13. The van der Waals surface area contributed by atoms with Crippen molar-refractivity contribution in [2.45, 2.75) is 45.7 Å². The van der Waals surface area contributed by atoms with Gasteiger partial charge in [0.15, 0.2) is 6.29 Å². The van der Waals surface area contributed by atoms with Gasteiger partial charge in [0.25, 0.3) is 0 Å². The van der Waals surface area contributed by atoms with E-state index in [9.17, 15) is 0 Å². The van der Waals surface area contributed by atoms with E-state index in [2.05, 4.69) is 19.1 Å². The highest BCUT2D eigenvalue weighted by Gasteiger charge is 2.31. The van der Waals surface area contributed by atoms with Gasteiger partial charge >= 0.3 is 0 Å². The van der Waals surface area contributed by atoms with Crippen molar-refractivity contribution < 1.29 is 14.2 Å². The van der Waals surface area contributed by atoms with E-state index in [1.165, 1.54) is 5.56 Å². The molecule has 19 heavy (non-hydrogen) atoms. The van der Waals surface area contributed by atoms with Gasteiger partial charge in [-0.05, 0) is 24.8 Å². The van der Waals surface area contributed by atoms with Crippen molar-refractivity contribution in [2.24, 2.45) is 5.92 Å². The summed E-state index contributed by atoms with van der Waals surface area (Å²) in [6, 6.07) is 10.3. The second-order valence-corrected chi connectivity index (χ2v) is 5.10. The second-order valence-electron chi connectivity index (χ2n) is 5.10. The Morgan fingerprint density at radius 2 is 2.05 bits per heavy atom. The molecule has 1 saturated heterocycles. The van der Waals surface area contributed by atoms with E-state index < -0.39 is 0 Å². The van der Waals surface area contributed by atoms with E-state index in [4.69, 9.17) is 14.2 Å². The van der Waals surface area contributed by atoms with Crippen LogP contribution in [-0.4, -0.2) is 25.6 Å². The first kappa shape index (κ1) is 14.5. The molecule has 1 unspecified atom stereocenters. The summed E-state index contributed by atoms with van der Waals surface area (Å²) in [5, 5.41) is 0. The molecule has 3 nitrogen and oxygen atoms in total. The lowest BCUT2D eigenvalue weighted by Crippen LogP contribution is -2.18. The van der Waals surface area contributed by atoms with Gasteiger partial charge in [0, 0.05) is 19.6 Å². The molecule has 0 aliphatic carbocycles. The zero-order chi connectivity index (χ0) is 13.5. The van der Waals surface area contributed by atoms with Crippen LogP contribution in [0.2, 0.25) is 0 Å². The molecular weight excluding hydrogens is 240 g/mol. The van der Waals surface area contributed by atoms with Gasteiger partial charge in [0.1, 0.15) is 0 Å². The van der Waals surface area contributed by atoms with Gasteiger partial charge in [-0.2, -0.15) is 0 Å². The van der Waals surface area contributed by atoms with Gasteiger partial charge in [-0.3, -0.25) is 0 Å². The minimum atomic E-state index is -0.0147. The van der Waals surface area contributed by atoms with Crippen LogP contribution in [0.15, 0.2) is 30.3 Å². The van der Waals surface area contributed by atoms with E-state index in [-0.39, 0.29) is 12.4 Å². The minimum absolute atomic E-state index is 0.0147. The van der Waals surface area contributed by atoms with Crippen LogP contribution >= 0.6 is 0 Å². The normalized spacial score (nSPS) is 26.7. The lowest BCUT2D eigenvalue weighted by Gasteiger charge is -2.15. The molecule has 2 rings (SSSR count). The highest BCUT2D eigenvalue weighted by Crippen LogP contribution is 2.28. The van der Waals surface area contributed by atoms with Crippen molar-refractivity contribution in [3.05, 3.63) is 35.9 Å². The second kappa shape index (κ2) is 7.63. The van der Waals surface area contributed by atoms with Crippen LogP contribution in [-0.2, 0) is 20.8 Å². The standard InChI is InChI=1S/C16H24O3/c1-3-18-16-11-13(2)15(19-16)9-10-17-12-14-7-5-4-6-8-14/h4-8,13,15-16H,3,9-12H2,1-2H3/t13-,15+,16?/m0/s1. The zero-order valence-corrected chi connectivity index (χ0v) is 11.9. The Morgan fingerprint density at radius 1 is 1.26 bits per heavy atom. The van der Waals surface area contributed by atoms with Crippen molar-refractivity contribution in [1.82, 2.24) is 0 Å². The molecule has 0 spiro atoms. The smallest absolute Gasteiger partial charge is 0.158 e. The summed E-state index contributed by atoms with van der Waals surface area (Å²) >= 11 is 0. The predicted molar refractivity (Wildman–Crippen MR) is 74.8 cm³/mol. The molecule has 0 bridgehead atoms. The van der Waals surface area contributed by atoms with Crippen molar-refractivity contribution >= 4 is 0 Å². The fourth-order valence-corrected chi connectivity index (χ4v) is 2.45. The van der Waals surface area contributed by atoms with Crippen LogP contribution in [0.4, 0.5) is 0 Å². The molecule has 0 aromatic heterocycles. The summed E-state index contributed by atoms with van der Waals surface area (Å²) in [6.07, 6.45) is 2.20. The third-order valence-electron chi connectivity index (χ3n) is 3.54. The monoisotopic (exact) mass is 264 g/mol. The molecular formula is C16H24O3. The summed E-state index contributed by atoms with van der Waals surface area (Å²) < 4.78 is 17.1. The summed E-state index contributed by atoms with van der Waals surface area (Å²) in [7, 11) is 0. The summed E-state index contributed by atoms with van der Waals surface area (Å²) in [4.78, 5) is 0. The summed E-state index contributed by atoms with van der Waals surface area (Å²) in [5.74, 6) is 0.553. The van der Waals surface area contributed by atoms with Crippen molar-refractivity contribution in [2.75, 3.05) is 13.2 Å². The summed E-state index contributed by atoms with van der Waals surface area (Å²) in [5.41, 5.74) is 1.22. The van der Waals surface area contributed by atoms with E-state index in [0.29, 0.717) is 19.1 Å². The molecule has 0 amide bonds. The maximum Gasteiger partial charge on any atom is 0.158 e. The molecule has 106 valence electrons. The van der Waals surface area contributed by atoms with E-state index in [0.717, 1.165) is 19.4 Å². The lowest BCUT2D eigenvalue weighted by molar-refractivity contribution is -0.134. The molecule has 3 heteroatoms. The molecule has 1 aliphatic rings. The fraction of sp³-hybridized carbons (Fsp3) is 0.625. The van der Waals surface area contributed by atoms with Crippen molar-refractivity contribution in [1.29, 1.82) is 0 Å². The first-order valence-electron chi connectivity index (χ1n) is 7.18. The van der Waals surface area contributed by atoms with Gasteiger partial charge in [-0.25, -0.2) is 0 Å². The Hall–Kier alpha value is -0.900. The Labute approximate surface area is 115 Å². The third kappa shape index (κ3) is 4.60. The number of benzene rings is 1. The first-order valence-corrected chi connectivity index (χ1v) is 7.18. The molecule has 3 atom stereocenters. The lowest BCUT2D eigenvalue weighted by atomic mass is 10.0. The highest BCUT2D eigenvalue weighted by atomic mass is 16.7. The van der Waals surface area contributed by atoms with Crippen molar-refractivity contribution in [3.8, 4) is 0 Å². The van der Waals surface area contributed by atoms with Crippen LogP contribution < -0.4 is 0 Å². The zero-order valence-electron chi connectivity index (χ0n) is 11.9. The molecule has 1 aromatic carbocycles. The minimum Gasteiger partial charge on any atom is -0.377 e. The van der Waals surface area contributed by atoms with Gasteiger partial charge in [0.2, 0.25) is 0 Å². The number of hydrogen-bond acceptors (Lipinski definition) is 3. The largest absolute Gasteiger partial charge is 0.377 e. The molecule has 0 radical (unpaired) electrons. The average Bonchev–Trinajstić information content (AvgIpc) is 2.77. The van der Waals surface area contributed by atoms with E-state index >= 15 is 0 Å².